The Labute approximate surface area is 110 Å². The Morgan fingerprint density at radius 1 is 1.29 bits per heavy atom. The Morgan fingerprint density at radius 3 is 2.41 bits per heavy atom. The summed E-state index contributed by atoms with van der Waals surface area (Å²) in [4.78, 5) is 0. The number of nitrogens with zero attached hydrogens (tertiary/aromatic N) is 2. The zero-order valence-electron chi connectivity index (χ0n) is 10.1. The lowest BCUT2D eigenvalue weighted by Crippen LogP contribution is -2.04. The number of benzene rings is 1. The first kappa shape index (κ1) is 12.3. The molecule has 1 aromatic heterocycles. The van der Waals surface area contributed by atoms with Crippen molar-refractivity contribution in [1.82, 2.24) is 9.78 Å². The van der Waals surface area contributed by atoms with Gasteiger partial charge in [-0.3, -0.25) is 4.68 Å². The molecule has 90 valence electrons. The number of halogens is 1. The molecular weight excluding hydrogens is 278 g/mol. The monoisotopic (exact) mass is 293 g/mol. The molecule has 0 atom stereocenters. The third-order valence-corrected chi connectivity index (χ3v) is 3.76. The van der Waals surface area contributed by atoms with Gasteiger partial charge in [0.2, 0.25) is 0 Å². The van der Waals surface area contributed by atoms with Gasteiger partial charge in [0.05, 0.1) is 10.2 Å². The standard InChI is InChI=1S/C13H16BrN3/c1-3-9-4-6-10(7-5-9)13-12(14)11(8-15)17(2)16-13/h4-7H,3,8,15H2,1-2H3. The largest absolute Gasteiger partial charge is 0.325 e. The molecule has 0 fully saturated rings. The fraction of sp³-hybridized carbons (Fsp3) is 0.308. The van der Waals surface area contributed by atoms with Crippen LogP contribution in [-0.4, -0.2) is 9.78 Å². The van der Waals surface area contributed by atoms with Crippen LogP contribution in [0.1, 0.15) is 18.2 Å². The van der Waals surface area contributed by atoms with E-state index < -0.39 is 0 Å². The van der Waals surface area contributed by atoms with E-state index in [1.807, 2.05) is 11.7 Å². The van der Waals surface area contributed by atoms with Crippen molar-refractivity contribution < 1.29 is 0 Å². The Kier molecular flexibility index (Phi) is 3.64. The highest BCUT2D eigenvalue weighted by atomic mass is 79.9. The van der Waals surface area contributed by atoms with Crippen molar-refractivity contribution in [3.05, 3.63) is 40.0 Å². The van der Waals surface area contributed by atoms with E-state index >= 15 is 0 Å². The summed E-state index contributed by atoms with van der Waals surface area (Å²) in [6.45, 7) is 2.63. The molecule has 0 spiro atoms. The molecular formula is C13H16BrN3. The molecule has 0 aliphatic carbocycles. The molecule has 3 nitrogen and oxygen atoms in total. The Hall–Kier alpha value is -1.13. The van der Waals surface area contributed by atoms with Gasteiger partial charge in [-0.05, 0) is 27.9 Å². The summed E-state index contributed by atoms with van der Waals surface area (Å²) >= 11 is 3.57. The van der Waals surface area contributed by atoms with Crippen molar-refractivity contribution in [3.63, 3.8) is 0 Å². The van der Waals surface area contributed by atoms with Crippen LogP contribution in [0.25, 0.3) is 11.3 Å². The molecule has 0 aliphatic rings. The first-order valence-electron chi connectivity index (χ1n) is 5.68. The van der Waals surface area contributed by atoms with Crippen molar-refractivity contribution in [1.29, 1.82) is 0 Å². The van der Waals surface area contributed by atoms with Crippen LogP contribution in [0, 0.1) is 0 Å². The first-order valence-corrected chi connectivity index (χ1v) is 6.47. The minimum absolute atomic E-state index is 0.483. The van der Waals surface area contributed by atoms with Gasteiger partial charge in [-0.25, -0.2) is 0 Å². The van der Waals surface area contributed by atoms with Crippen molar-refractivity contribution in [2.24, 2.45) is 12.8 Å². The molecule has 0 aliphatic heterocycles. The molecule has 0 saturated carbocycles. The van der Waals surface area contributed by atoms with Crippen LogP contribution in [0.15, 0.2) is 28.7 Å². The smallest absolute Gasteiger partial charge is 0.107 e. The third kappa shape index (κ3) is 2.28. The highest BCUT2D eigenvalue weighted by Gasteiger charge is 2.13. The second kappa shape index (κ2) is 5.02. The lowest BCUT2D eigenvalue weighted by atomic mass is 10.1. The van der Waals surface area contributed by atoms with Crippen molar-refractivity contribution in [2.45, 2.75) is 19.9 Å². The first-order chi connectivity index (χ1) is 8.17. The molecule has 1 aromatic carbocycles. The third-order valence-electron chi connectivity index (χ3n) is 2.93. The van der Waals surface area contributed by atoms with E-state index in [9.17, 15) is 0 Å². The zero-order valence-corrected chi connectivity index (χ0v) is 11.7. The SMILES string of the molecule is CCc1ccc(-c2nn(C)c(CN)c2Br)cc1. The molecule has 2 rings (SSSR count). The Bertz CT molecular complexity index is 514. The van der Waals surface area contributed by atoms with Gasteiger partial charge in [0.1, 0.15) is 5.69 Å². The van der Waals surface area contributed by atoms with Gasteiger partial charge in [0.15, 0.2) is 0 Å². The van der Waals surface area contributed by atoms with E-state index in [4.69, 9.17) is 5.73 Å². The summed E-state index contributed by atoms with van der Waals surface area (Å²) in [7, 11) is 1.91. The molecule has 4 heteroatoms. The van der Waals surface area contributed by atoms with Gasteiger partial charge in [-0.1, -0.05) is 31.2 Å². The zero-order chi connectivity index (χ0) is 12.4. The second-order valence-corrected chi connectivity index (χ2v) is 4.78. The van der Waals surface area contributed by atoms with Crippen LogP contribution in [0.5, 0.6) is 0 Å². The summed E-state index contributed by atoms with van der Waals surface area (Å²) in [6.07, 6.45) is 1.05. The van der Waals surface area contributed by atoms with E-state index in [0.29, 0.717) is 6.54 Å². The van der Waals surface area contributed by atoms with Gasteiger partial charge in [0.25, 0.3) is 0 Å². The van der Waals surface area contributed by atoms with Gasteiger partial charge < -0.3 is 5.73 Å². The molecule has 1 heterocycles. The van der Waals surface area contributed by atoms with E-state index in [1.165, 1.54) is 5.56 Å². The summed E-state index contributed by atoms with van der Waals surface area (Å²) in [5, 5.41) is 4.50. The van der Waals surface area contributed by atoms with Crippen LogP contribution in [0.2, 0.25) is 0 Å². The lowest BCUT2D eigenvalue weighted by molar-refractivity contribution is 0.713. The Balaban J connectivity index is 2.45. The average molecular weight is 294 g/mol. The number of hydrogen-bond donors (Lipinski definition) is 1. The van der Waals surface area contributed by atoms with Crippen LogP contribution in [0.4, 0.5) is 0 Å². The molecule has 2 N–H and O–H groups in total. The number of aryl methyl sites for hydroxylation is 2. The quantitative estimate of drug-likeness (QED) is 0.946. The van der Waals surface area contributed by atoms with Gasteiger partial charge in [0, 0.05) is 19.2 Å². The molecule has 17 heavy (non-hydrogen) atoms. The highest BCUT2D eigenvalue weighted by molar-refractivity contribution is 9.10. The van der Waals surface area contributed by atoms with Crippen LogP contribution in [0.3, 0.4) is 0 Å². The average Bonchev–Trinajstić information content (AvgIpc) is 2.64. The number of hydrogen-bond acceptors (Lipinski definition) is 2. The lowest BCUT2D eigenvalue weighted by Gasteiger charge is -2.00. The second-order valence-electron chi connectivity index (χ2n) is 3.99. The topological polar surface area (TPSA) is 43.8 Å². The number of aromatic nitrogens is 2. The minimum Gasteiger partial charge on any atom is -0.325 e. The fourth-order valence-corrected chi connectivity index (χ4v) is 2.56. The van der Waals surface area contributed by atoms with Crippen molar-refractivity contribution >= 4 is 15.9 Å². The Morgan fingerprint density at radius 2 is 1.94 bits per heavy atom. The van der Waals surface area contributed by atoms with Gasteiger partial charge >= 0.3 is 0 Å². The summed E-state index contributed by atoms with van der Waals surface area (Å²) in [6, 6.07) is 8.48. The predicted molar refractivity (Wildman–Crippen MR) is 73.6 cm³/mol. The number of rotatable bonds is 3. The molecule has 2 aromatic rings. The van der Waals surface area contributed by atoms with E-state index in [-0.39, 0.29) is 0 Å². The van der Waals surface area contributed by atoms with Crippen molar-refractivity contribution in [3.8, 4) is 11.3 Å². The fourth-order valence-electron chi connectivity index (χ4n) is 1.84. The maximum absolute atomic E-state index is 5.70. The highest BCUT2D eigenvalue weighted by Crippen LogP contribution is 2.30. The van der Waals surface area contributed by atoms with E-state index in [0.717, 1.165) is 27.8 Å². The van der Waals surface area contributed by atoms with Gasteiger partial charge in [-0.2, -0.15) is 5.10 Å². The number of nitrogens with two attached hydrogens (primary N) is 1. The molecule has 0 saturated heterocycles. The van der Waals surface area contributed by atoms with Crippen molar-refractivity contribution in [2.75, 3.05) is 0 Å². The molecule has 0 amide bonds. The molecule has 0 bridgehead atoms. The predicted octanol–water partition coefficient (Wildman–Crippen LogP) is 2.87. The van der Waals surface area contributed by atoms with E-state index in [1.54, 1.807) is 0 Å². The summed E-state index contributed by atoms with van der Waals surface area (Å²) in [5.41, 5.74) is 10.1. The maximum atomic E-state index is 5.70. The van der Waals surface area contributed by atoms with Crippen LogP contribution >= 0.6 is 15.9 Å². The summed E-state index contributed by atoms with van der Waals surface area (Å²) in [5.74, 6) is 0. The maximum Gasteiger partial charge on any atom is 0.107 e. The van der Waals surface area contributed by atoms with Crippen LogP contribution < -0.4 is 5.73 Å². The molecule has 0 radical (unpaired) electrons. The van der Waals surface area contributed by atoms with Crippen LogP contribution in [-0.2, 0) is 20.0 Å². The molecule has 0 unspecified atom stereocenters. The normalized spacial score (nSPS) is 10.8. The van der Waals surface area contributed by atoms with E-state index in [2.05, 4.69) is 52.2 Å². The van der Waals surface area contributed by atoms with Gasteiger partial charge in [-0.15, -0.1) is 0 Å². The minimum atomic E-state index is 0.483. The summed E-state index contributed by atoms with van der Waals surface area (Å²) < 4.78 is 2.82.